The molecule has 1 heterocycles. The molecular formula is C18H18Cl2N2O. The average molecular weight is 349 g/mol. The van der Waals surface area contributed by atoms with Crippen molar-refractivity contribution in [3.63, 3.8) is 0 Å². The van der Waals surface area contributed by atoms with Crippen molar-refractivity contribution in [3.05, 3.63) is 58.1 Å². The molecule has 0 atom stereocenters. The second-order valence-electron chi connectivity index (χ2n) is 5.64. The van der Waals surface area contributed by atoms with Gasteiger partial charge in [-0.3, -0.25) is 4.79 Å². The maximum atomic E-state index is 12.4. The first-order valence-electron chi connectivity index (χ1n) is 7.72. The van der Waals surface area contributed by atoms with E-state index in [1.165, 1.54) is 12.8 Å². The first-order chi connectivity index (χ1) is 11.1. The van der Waals surface area contributed by atoms with E-state index < -0.39 is 0 Å². The molecule has 23 heavy (non-hydrogen) atoms. The molecule has 2 aromatic rings. The van der Waals surface area contributed by atoms with Gasteiger partial charge in [0.2, 0.25) is 5.91 Å². The molecule has 1 amide bonds. The second kappa shape index (κ2) is 7.24. The van der Waals surface area contributed by atoms with E-state index in [2.05, 4.69) is 10.2 Å². The highest BCUT2D eigenvalue weighted by molar-refractivity contribution is 6.36. The van der Waals surface area contributed by atoms with Crippen LogP contribution < -0.4 is 10.2 Å². The van der Waals surface area contributed by atoms with Crippen molar-refractivity contribution >= 4 is 40.5 Å². The van der Waals surface area contributed by atoms with Crippen LogP contribution in [0.1, 0.15) is 18.4 Å². The van der Waals surface area contributed by atoms with Crippen LogP contribution in [0.3, 0.4) is 0 Å². The third-order valence-electron chi connectivity index (χ3n) is 4.02. The number of hydrogen-bond acceptors (Lipinski definition) is 2. The topological polar surface area (TPSA) is 32.3 Å². The van der Waals surface area contributed by atoms with E-state index in [0.717, 1.165) is 24.5 Å². The molecule has 0 saturated carbocycles. The smallest absolute Gasteiger partial charge is 0.228 e. The highest BCUT2D eigenvalue weighted by Gasteiger charge is 2.17. The summed E-state index contributed by atoms with van der Waals surface area (Å²) in [6.07, 6.45) is 2.54. The van der Waals surface area contributed by atoms with Crippen LogP contribution in [0, 0.1) is 0 Å². The van der Waals surface area contributed by atoms with Crippen LogP contribution in [0.25, 0.3) is 0 Å². The van der Waals surface area contributed by atoms with Crippen molar-refractivity contribution in [1.82, 2.24) is 0 Å². The first-order valence-corrected chi connectivity index (χ1v) is 8.47. The largest absolute Gasteiger partial charge is 0.370 e. The minimum Gasteiger partial charge on any atom is -0.370 e. The van der Waals surface area contributed by atoms with Gasteiger partial charge in [-0.15, -0.1) is 0 Å². The summed E-state index contributed by atoms with van der Waals surface area (Å²) >= 11 is 12.3. The van der Waals surface area contributed by atoms with E-state index in [9.17, 15) is 4.79 Å². The summed E-state index contributed by atoms with van der Waals surface area (Å²) in [6.45, 7) is 2.06. The van der Waals surface area contributed by atoms with E-state index in [1.807, 2.05) is 24.3 Å². The Labute approximate surface area is 146 Å². The Morgan fingerprint density at radius 1 is 1.00 bits per heavy atom. The molecule has 2 aromatic carbocycles. The molecule has 0 aliphatic carbocycles. The molecule has 120 valence electrons. The summed E-state index contributed by atoms with van der Waals surface area (Å²) in [6, 6.07) is 13.2. The maximum absolute atomic E-state index is 12.4. The summed E-state index contributed by atoms with van der Waals surface area (Å²) in [4.78, 5) is 14.7. The van der Waals surface area contributed by atoms with Crippen LogP contribution in [0.4, 0.5) is 11.4 Å². The van der Waals surface area contributed by atoms with Gasteiger partial charge in [-0.05, 0) is 42.7 Å². The molecule has 1 fully saturated rings. The Morgan fingerprint density at radius 2 is 1.65 bits per heavy atom. The second-order valence-corrected chi connectivity index (χ2v) is 6.45. The molecule has 1 saturated heterocycles. The lowest BCUT2D eigenvalue weighted by Crippen LogP contribution is -2.21. The Morgan fingerprint density at radius 3 is 2.35 bits per heavy atom. The highest BCUT2D eigenvalue weighted by atomic mass is 35.5. The van der Waals surface area contributed by atoms with Crippen molar-refractivity contribution in [2.45, 2.75) is 19.3 Å². The van der Waals surface area contributed by atoms with E-state index in [1.54, 1.807) is 18.2 Å². The predicted octanol–water partition coefficient (Wildman–Crippen LogP) is 4.77. The minimum absolute atomic E-state index is 0.119. The molecule has 0 bridgehead atoms. The number of nitrogens with zero attached hydrogens (tertiary/aromatic N) is 1. The Kier molecular flexibility index (Phi) is 5.09. The number of nitrogens with one attached hydrogen (secondary N) is 1. The van der Waals surface area contributed by atoms with E-state index in [4.69, 9.17) is 23.2 Å². The first kappa shape index (κ1) is 16.2. The molecular weight excluding hydrogens is 331 g/mol. The summed E-state index contributed by atoms with van der Waals surface area (Å²) in [7, 11) is 0. The zero-order chi connectivity index (χ0) is 16.2. The predicted molar refractivity (Wildman–Crippen MR) is 96.7 cm³/mol. The van der Waals surface area contributed by atoms with Gasteiger partial charge in [-0.1, -0.05) is 41.4 Å². The molecule has 0 aromatic heterocycles. The molecule has 3 rings (SSSR count). The average Bonchev–Trinajstić information content (AvgIpc) is 3.06. The number of carbonyl (C=O) groups excluding carboxylic acids is 1. The fourth-order valence-electron chi connectivity index (χ4n) is 2.87. The van der Waals surface area contributed by atoms with Gasteiger partial charge in [0, 0.05) is 23.1 Å². The van der Waals surface area contributed by atoms with Crippen molar-refractivity contribution in [3.8, 4) is 0 Å². The SMILES string of the molecule is O=C(Cc1c(Cl)cccc1Cl)Nc1ccccc1N1CCCC1. The molecule has 0 spiro atoms. The molecule has 5 heteroatoms. The van der Waals surface area contributed by atoms with Crippen LogP contribution in [-0.4, -0.2) is 19.0 Å². The fraction of sp³-hybridized carbons (Fsp3) is 0.278. The zero-order valence-corrected chi connectivity index (χ0v) is 14.2. The highest BCUT2D eigenvalue weighted by Crippen LogP contribution is 2.29. The third-order valence-corrected chi connectivity index (χ3v) is 4.73. The number of amides is 1. The zero-order valence-electron chi connectivity index (χ0n) is 12.7. The van der Waals surface area contributed by atoms with Crippen LogP contribution >= 0.6 is 23.2 Å². The van der Waals surface area contributed by atoms with Crippen molar-refractivity contribution in [2.75, 3.05) is 23.3 Å². The van der Waals surface area contributed by atoms with E-state index in [-0.39, 0.29) is 12.3 Å². The number of anilines is 2. The Bertz CT molecular complexity index is 692. The lowest BCUT2D eigenvalue weighted by Gasteiger charge is -2.21. The van der Waals surface area contributed by atoms with Gasteiger partial charge in [0.1, 0.15) is 0 Å². The number of carbonyl (C=O) groups is 1. The maximum Gasteiger partial charge on any atom is 0.228 e. The molecule has 1 aliphatic heterocycles. The van der Waals surface area contributed by atoms with Gasteiger partial charge < -0.3 is 10.2 Å². The third kappa shape index (κ3) is 3.80. The van der Waals surface area contributed by atoms with Crippen LogP contribution in [0.5, 0.6) is 0 Å². The summed E-state index contributed by atoms with van der Waals surface area (Å²) in [5, 5.41) is 4.02. The Balaban J connectivity index is 1.76. The number of para-hydroxylation sites is 2. The molecule has 0 radical (unpaired) electrons. The van der Waals surface area contributed by atoms with Crippen molar-refractivity contribution in [1.29, 1.82) is 0 Å². The van der Waals surface area contributed by atoms with Gasteiger partial charge >= 0.3 is 0 Å². The lowest BCUT2D eigenvalue weighted by molar-refractivity contribution is -0.115. The van der Waals surface area contributed by atoms with Crippen molar-refractivity contribution in [2.24, 2.45) is 0 Å². The molecule has 1 aliphatic rings. The molecule has 0 unspecified atom stereocenters. The number of benzene rings is 2. The van der Waals surface area contributed by atoms with Gasteiger partial charge in [-0.2, -0.15) is 0 Å². The monoisotopic (exact) mass is 348 g/mol. The van der Waals surface area contributed by atoms with Crippen LogP contribution in [0.2, 0.25) is 10.0 Å². The van der Waals surface area contributed by atoms with Gasteiger partial charge in [-0.25, -0.2) is 0 Å². The van der Waals surface area contributed by atoms with E-state index in [0.29, 0.717) is 15.6 Å². The van der Waals surface area contributed by atoms with Crippen LogP contribution in [-0.2, 0) is 11.2 Å². The molecule has 3 nitrogen and oxygen atoms in total. The van der Waals surface area contributed by atoms with Gasteiger partial charge in [0.15, 0.2) is 0 Å². The summed E-state index contributed by atoms with van der Waals surface area (Å²) in [5.41, 5.74) is 2.57. The van der Waals surface area contributed by atoms with Crippen molar-refractivity contribution < 1.29 is 4.79 Å². The molecule has 1 N–H and O–H groups in total. The Hall–Kier alpha value is -1.71. The standard InChI is InChI=1S/C18H18Cl2N2O/c19-14-6-5-7-15(20)13(14)12-18(23)21-16-8-1-2-9-17(16)22-10-3-4-11-22/h1-2,5-9H,3-4,10-12H2,(H,21,23). The van der Waals surface area contributed by atoms with E-state index >= 15 is 0 Å². The number of rotatable bonds is 4. The quantitative estimate of drug-likeness (QED) is 0.862. The minimum atomic E-state index is -0.119. The van der Waals surface area contributed by atoms with Gasteiger partial charge in [0.05, 0.1) is 17.8 Å². The summed E-state index contributed by atoms with van der Waals surface area (Å²) in [5.74, 6) is -0.119. The van der Waals surface area contributed by atoms with Gasteiger partial charge in [0.25, 0.3) is 0 Å². The lowest BCUT2D eigenvalue weighted by atomic mass is 10.1. The van der Waals surface area contributed by atoms with Crippen LogP contribution in [0.15, 0.2) is 42.5 Å². The normalized spacial score (nSPS) is 14.1. The number of halogens is 2. The summed E-state index contributed by atoms with van der Waals surface area (Å²) < 4.78 is 0. The number of hydrogen-bond donors (Lipinski definition) is 1. The fourth-order valence-corrected chi connectivity index (χ4v) is 3.40.